The number of nitrogens with zero attached hydrogens (tertiary/aromatic N) is 4. The number of aryl methyl sites for hydroxylation is 2. The Kier molecular flexibility index (Phi) is 4.25. The van der Waals surface area contributed by atoms with Crippen LogP contribution in [0, 0.1) is 6.92 Å². The van der Waals surface area contributed by atoms with Crippen LogP contribution in [0.3, 0.4) is 0 Å². The van der Waals surface area contributed by atoms with E-state index < -0.39 is 0 Å². The van der Waals surface area contributed by atoms with Crippen molar-refractivity contribution < 1.29 is 5.11 Å². The number of nitrogens with one attached hydrogen (secondary N) is 1. The normalized spacial score (nSPS) is 10.6. The van der Waals surface area contributed by atoms with Gasteiger partial charge in [-0.25, -0.2) is 0 Å². The summed E-state index contributed by atoms with van der Waals surface area (Å²) in [4.78, 5) is 4.21. The Labute approximate surface area is 106 Å². The van der Waals surface area contributed by atoms with Gasteiger partial charge in [0, 0.05) is 18.8 Å². The van der Waals surface area contributed by atoms with Crippen LogP contribution in [0.25, 0.3) is 0 Å². The molecule has 96 valence electrons. The summed E-state index contributed by atoms with van der Waals surface area (Å²) in [6.45, 7) is 3.43. The Morgan fingerprint density at radius 3 is 3.00 bits per heavy atom. The fourth-order valence-corrected chi connectivity index (χ4v) is 1.53. The summed E-state index contributed by atoms with van der Waals surface area (Å²) in [7, 11) is 0. The van der Waals surface area contributed by atoms with E-state index in [9.17, 15) is 0 Å². The van der Waals surface area contributed by atoms with Crippen LogP contribution >= 0.6 is 0 Å². The largest absolute Gasteiger partial charge is 0.396 e. The molecule has 0 saturated heterocycles. The lowest BCUT2D eigenvalue weighted by atomic mass is 10.3. The van der Waals surface area contributed by atoms with Gasteiger partial charge in [0.2, 0.25) is 0 Å². The molecule has 0 fully saturated rings. The Hall–Kier alpha value is -1.95. The van der Waals surface area contributed by atoms with Gasteiger partial charge in [0.05, 0.1) is 24.6 Å². The van der Waals surface area contributed by atoms with E-state index in [2.05, 4.69) is 20.6 Å². The number of anilines is 1. The summed E-state index contributed by atoms with van der Waals surface area (Å²) < 4.78 is 1.74. The van der Waals surface area contributed by atoms with Gasteiger partial charge in [0.15, 0.2) is 0 Å². The van der Waals surface area contributed by atoms with Crippen molar-refractivity contribution in [3.8, 4) is 0 Å². The number of aliphatic hydroxyl groups is 1. The van der Waals surface area contributed by atoms with E-state index in [0.717, 1.165) is 17.1 Å². The van der Waals surface area contributed by atoms with Gasteiger partial charge in [0.1, 0.15) is 5.69 Å². The summed E-state index contributed by atoms with van der Waals surface area (Å²) in [5.74, 6) is 0. The van der Waals surface area contributed by atoms with E-state index in [1.54, 1.807) is 10.9 Å². The van der Waals surface area contributed by atoms with Gasteiger partial charge < -0.3 is 10.4 Å². The van der Waals surface area contributed by atoms with Crippen LogP contribution in [0.2, 0.25) is 0 Å². The first-order valence-electron chi connectivity index (χ1n) is 5.94. The Bertz CT molecular complexity index is 479. The van der Waals surface area contributed by atoms with Crippen molar-refractivity contribution in [2.75, 3.05) is 11.9 Å². The molecule has 0 bridgehead atoms. The standard InChI is InChI=1S/C12H17N5O/c1-10-3-4-11(7-13-10)14-8-12-9-17(16-15-12)5-2-6-18/h3-4,7,9,14,18H,2,5-6,8H2,1H3. The highest BCUT2D eigenvalue weighted by atomic mass is 16.3. The Balaban J connectivity index is 1.86. The van der Waals surface area contributed by atoms with Gasteiger partial charge in [-0.2, -0.15) is 0 Å². The van der Waals surface area contributed by atoms with Crippen LogP contribution in [0.1, 0.15) is 17.8 Å². The molecule has 2 N–H and O–H groups in total. The van der Waals surface area contributed by atoms with Crippen LogP contribution in [-0.2, 0) is 13.1 Å². The molecule has 6 heteroatoms. The fourth-order valence-electron chi connectivity index (χ4n) is 1.53. The molecule has 0 unspecified atom stereocenters. The summed E-state index contributed by atoms with van der Waals surface area (Å²) in [6.07, 6.45) is 4.37. The lowest BCUT2D eigenvalue weighted by Crippen LogP contribution is -2.01. The van der Waals surface area contributed by atoms with Crippen molar-refractivity contribution in [1.29, 1.82) is 0 Å². The second kappa shape index (κ2) is 6.11. The van der Waals surface area contributed by atoms with Crippen LogP contribution in [-0.4, -0.2) is 31.7 Å². The van der Waals surface area contributed by atoms with Gasteiger partial charge in [-0.15, -0.1) is 5.10 Å². The van der Waals surface area contributed by atoms with Gasteiger partial charge in [0.25, 0.3) is 0 Å². The highest BCUT2D eigenvalue weighted by Crippen LogP contribution is 2.07. The number of hydrogen-bond donors (Lipinski definition) is 2. The molecule has 6 nitrogen and oxygen atoms in total. The maximum absolute atomic E-state index is 8.73. The zero-order chi connectivity index (χ0) is 12.8. The first-order chi connectivity index (χ1) is 8.78. The molecule has 0 atom stereocenters. The SMILES string of the molecule is Cc1ccc(NCc2cn(CCCO)nn2)cn1. The Morgan fingerprint density at radius 2 is 2.28 bits per heavy atom. The predicted molar refractivity (Wildman–Crippen MR) is 68.0 cm³/mol. The van der Waals surface area contributed by atoms with E-state index in [1.807, 2.05) is 25.3 Å². The average molecular weight is 247 g/mol. The zero-order valence-corrected chi connectivity index (χ0v) is 10.4. The first-order valence-corrected chi connectivity index (χ1v) is 5.94. The van der Waals surface area contributed by atoms with E-state index in [4.69, 9.17) is 5.11 Å². The third-order valence-corrected chi connectivity index (χ3v) is 2.52. The van der Waals surface area contributed by atoms with Crippen molar-refractivity contribution in [3.63, 3.8) is 0 Å². The van der Waals surface area contributed by atoms with Crippen LogP contribution in [0.4, 0.5) is 5.69 Å². The minimum absolute atomic E-state index is 0.169. The smallest absolute Gasteiger partial charge is 0.102 e. The van der Waals surface area contributed by atoms with Crippen molar-refractivity contribution in [2.24, 2.45) is 0 Å². The molecule has 0 aliphatic heterocycles. The maximum atomic E-state index is 8.73. The van der Waals surface area contributed by atoms with Crippen molar-refractivity contribution >= 4 is 5.69 Å². The van der Waals surface area contributed by atoms with Crippen molar-refractivity contribution in [2.45, 2.75) is 26.4 Å². The molecule has 2 heterocycles. The second-order valence-corrected chi connectivity index (χ2v) is 4.09. The van der Waals surface area contributed by atoms with E-state index in [1.165, 1.54) is 0 Å². The maximum Gasteiger partial charge on any atom is 0.102 e. The number of hydrogen-bond acceptors (Lipinski definition) is 5. The van der Waals surface area contributed by atoms with E-state index >= 15 is 0 Å². The molecular weight excluding hydrogens is 230 g/mol. The summed E-state index contributed by atoms with van der Waals surface area (Å²) in [5, 5.41) is 20.0. The molecule has 2 rings (SSSR count). The molecule has 0 amide bonds. The number of pyridine rings is 1. The molecule has 0 radical (unpaired) electrons. The van der Waals surface area contributed by atoms with Gasteiger partial charge in [-0.1, -0.05) is 5.21 Å². The molecule has 0 aliphatic carbocycles. The van der Waals surface area contributed by atoms with Gasteiger partial charge >= 0.3 is 0 Å². The lowest BCUT2D eigenvalue weighted by Gasteiger charge is -2.03. The quantitative estimate of drug-likeness (QED) is 0.795. The minimum Gasteiger partial charge on any atom is -0.396 e. The van der Waals surface area contributed by atoms with Crippen molar-refractivity contribution in [1.82, 2.24) is 20.0 Å². The zero-order valence-electron chi connectivity index (χ0n) is 10.4. The number of aromatic nitrogens is 4. The Morgan fingerprint density at radius 1 is 1.39 bits per heavy atom. The van der Waals surface area contributed by atoms with E-state index in [-0.39, 0.29) is 6.61 Å². The van der Waals surface area contributed by atoms with E-state index in [0.29, 0.717) is 19.5 Å². The molecular formula is C12H17N5O. The fraction of sp³-hybridized carbons (Fsp3) is 0.417. The highest BCUT2D eigenvalue weighted by Gasteiger charge is 2.00. The summed E-state index contributed by atoms with van der Waals surface area (Å²) in [5.41, 5.74) is 2.83. The van der Waals surface area contributed by atoms with Gasteiger partial charge in [-0.3, -0.25) is 9.67 Å². The molecule has 0 aromatic carbocycles. The number of rotatable bonds is 6. The molecule has 18 heavy (non-hydrogen) atoms. The third-order valence-electron chi connectivity index (χ3n) is 2.52. The molecule has 0 saturated carbocycles. The summed E-state index contributed by atoms with van der Waals surface area (Å²) >= 11 is 0. The summed E-state index contributed by atoms with van der Waals surface area (Å²) in [6, 6.07) is 3.94. The molecule has 2 aromatic heterocycles. The van der Waals surface area contributed by atoms with Crippen LogP contribution in [0.5, 0.6) is 0 Å². The van der Waals surface area contributed by atoms with Crippen LogP contribution in [0.15, 0.2) is 24.5 Å². The second-order valence-electron chi connectivity index (χ2n) is 4.09. The molecule has 2 aromatic rings. The van der Waals surface area contributed by atoms with Crippen LogP contribution < -0.4 is 5.32 Å². The first kappa shape index (κ1) is 12.5. The number of aliphatic hydroxyl groups excluding tert-OH is 1. The monoisotopic (exact) mass is 247 g/mol. The predicted octanol–water partition coefficient (Wildman–Crippen LogP) is 0.976. The highest BCUT2D eigenvalue weighted by molar-refractivity contribution is 5.40. The molecule has 0 spiro atoms. The third kappa shape index (κ3) is 3.53. The topological polar surface area (TPSA) is 75.9 Å². The van der Waals surface area contributed by atoms with Gasteiger partial charge in [-0.05, 0) is 25.5 Å². The lowest BCUT2D eigenvalue weighted by molar-refractivity contribution is 0.276. The van der Waals surface area contributed by atoms with Crippen molar-refractivity contribution in [3.05, 3.63) is 35.9 Å². The molecule has 0 aliphatic rings. The minimum atomic E-state index is 0.169. The average Bonchev–Trinajstić information content (AvgIpc) is 2.84.